The molecule has 18 heavy (non-hydrogen) atoms. The second-order valence-corrected chi connectivity index (χ2v) is 5.24. The van der Waals surface area contributed by atoms with E-state index in [-0.39, 0.29) is 36.0 Å². The van der Waals surface area contributed by atoms with Crippen LogP contribution in [0.3, 0.4) is 0 Å². The molecule has 1 fully saturated rings. The van der Waals surface area contributed by atoms with Crippen LogP contribution in [0.5, 0.6) is 0 Å². The van der Waals surface area contributed by atoms with Gasteiger partial charge < -0.3 is 16.2 Å². The lowest BCUT2D eigenvalue weighted by Gasteiger charge is -2.28. The van der Waals surface area contributed by atoms with E-state index < -0.39 is 0 Å². The van der Waals surface area contributed by atoms with E-state index in [0.717, 1.165) is 25.3 Å². The van der Waals surface area contributed by atoms with E-state index in [9.17, 15) is 5.11 Å². The second kappa shape index (κ2) is 8.96. The van der Waals surface area contributed by atoms with Crippen LogP contribution in [0, 0.1) is 11.3 Å². The number of aliphatic imine (C=N–C) groups is 1. The maximum absolute atomic E-state index is 9.42. The number of aliphatic hydroxyl groups is 1. The molecule has 1 saturated carbocycles. The summed E-state index contributed by atoms with van der Waals surface area (Å²) in [6.45, 7) is 5.92. The monoisotopic (exact) mass is 369 g/mol. The Morgan fingerprint density at radius 1 is 1.39 bits per heavy atom. The number of hydrogen-bond donors (Lipinski definition) is 3. The summed E-state index contributed by atoms with van der Waals surface area (Å²) in [6.07, 6.45) is 5.83. The Morgan fingerprint density at radius 3 is 2.39 bits per heavy atom. The third-order valence-corrected chi connectivity index (χ3v) is 4.22. The number of halogens is 1. The van der Waals surface area contributed by atoms with Crippen molar-refractivity contribution in [3.8, 4) is 0 Å². The van der Waals surface area contributed by atoms with Gasteiger partial charge in [0.2, 0.25) is 0 Å². The minimum atomic E-state index is -0.0945. The first-order chi connectivity index (χ1) is 8.15. The molecule has 0 atom stereocenters. The van der Waals surface area contributed by atoms with E-state index in [1.54, 1.807) is 0 Å². The third-order valence-electron chi connectivity index (χ3n) is 4.22. The van der Waals surface area contributed by atoms with Crippen molar-refractivity contribution in [1.82, 2.24) is 5.32 Å². The molecular formula is C13H28IN3O. The molecule has 1 aliphatic rings. The molecule has 0 unspecified atom stereocenters. The summed E-state index contributed by atoms with van der Waals surface area (Å²) in [4.78, 5) is 4.36. The second-order valence-electron chi connectivity index (χ2n) is 5.24. The zero-order chi connectivity index (χ0) is 12.7. The van der Waals surface area contributed by atoms with Crippen molar-refractivity contribution in [2.45, 2.75) is 46.0 Å². The molecule has 0 saturated heterocycles. The number of nitrogens with one attached hydrogen (secondary N) is 1. The van der Waals surface area contributed by atoms with E-state index in [2.05, 4.69) is 24.2 Å². The van der Waals surface area contributed by atoms with Crippen molar-refractivity contribution < 1.29 is 5.11 Å². The summed E-state index contributed by atoms with van der Waals surface area (Å²) < 4.78 is 0. The standard InChI is InChI=1S/C13H27N3O.HI/c1-3-13(4-2,10-17)9-16-12(14)15-8-11-6-5-7-11;/h11,17H,3-10H2,1-2H3,(H3,14,15,16);1H. The Kier molecular flexibility index (Phi) is 8.94. The summed E-state index contributed by atoms with van der Waals surface area (Å²) in [6, 6.07) is 0. The summed E-state index contributed by atoms with van der Waals surface area (Å²) in [5.41, 5.74) is 5.73. The van der Waals surface area contributed by atoms with Gasteiger partial charge in [-0.05, 0) is 31.6 Å². The summed E-state index contributed by atoms with van der Waals surface area (Å²) in [5, 5.41) is 12.6. The molecular weight excluding hydrogens is 341 g/mol. The maximum atomic E-state index is 9.42. The van der Waals surface area contributed by atoms with Gasteiger partial charge in [0, 0.05) is 12.0 Å². The Bertz CT molecular complexity index is 242. The van der Waals surface area contributed by atoms with Gasteiger partial charge in [0.15, 0.2) is 5.96 Å². The zero-order valence-electron chi connectivity index (χ0n) is 11.6. The highest BCUT2D eigenvalue weighted by Crippen LogP contribution is 2.26. The smallest absolute Gasteiger partial charge is 0.188 e. The van der Waals surface area contributed by atoms with Crippen LogP contribution in [0.15, 0.2) is 4.99 Å². The molecule has 0 radical (unpaired) electrons. The van der Waals surface area contributed by atoms with E-state index in [4.69, 9.17) is 5.73 Å². The van der Waals surface area contributed by atoms with E-state index in [1.165, 1.54) is 19.3 Å². The lowest BCUT2D eigenvalue weighted by atomic mass is 9.83. The van der Waals surface area contributed by atoms with Crippen molar-refractivity contribution in [2.24, 2.45) is 22.1 Å². The molecule has 0 aliphatic heterocycles. The van der Waals surface area contributed by atoms with E-state index in [0.29, 0.717) is 12.5 Å². The van der Waals surface area contributed by atoms with Gasteiger partial charge in [0.05, 0.1) is 13.2 Å². The average molecular weight is 369 g/mol. The third kappa shape index (κ3) is 5.30. The molecule has 1 aliphatic carbocycles. The van der Waals surface area contributed by atoms with Gasteiger partial charge in [-0.25, -0.2) is 0 Å². The number of aliphatic hydroxyl groups excluding tert-OH is 1. The lowest BCUT2D eigenvalue weighted by Crippen LogP contribution is -2.38. The van der Waals surface area contributed by atoms with Crippen molar-refractivity contribution in [1.29, 1.82) is 0 Å². The van der Waals surface area contributed by atoms with Crippen LogP contribution in [0.2, 0.25) is 0 Å². The minimum Gasteiger partial charge on any atom is -0.396 e. The van der Waals surface area contributed by atoms with Crippen molar-refractivity contribution in [2.75, 3.05) is 19.7 Å². The van der Waals surface area contributed by atoms with Crippen LogP contribution >= 0.6 is 24.0 Å². The minimum absolute atomic E-state index is 0. The Morgan fingerprint density at radius 2 is 2.00 bits per heavy atom. The number of nitrogens with two attached hydrogens (primary N) is 1. The number of hydrogen-bond acceptors (Lipinski definition) is 2. The quantitative estimate of drug-likeness (QED) is 0.366. The highest BCUT2D eigenvalue weighted by Gasteiger charge is 2.25. The Balaban J connectivity index is 0.00000289. The van der Waals surface area contributed by atoms with E-state index in [1.807, 2.05) is 0 Å². The summed E-state index contributed by atoms with van der Waals surface area (Å²) in [7, 11) is 0. The lowest BCUT2D eigenvalue weighted by molar-refractivity contribution is 0.123. The number of rotatable bonds is 7. The highest BCUT2D eigenvalue weighted by atomic mass is 127. The van der Waals surface area contributed by atoms with Gasteiger partial charge in [-0.15, -0.1) is 24.0 Å². The molecule has 0 aromatic carbocycles. The van der Waals surface area contributed by atoms with Crippen LogP contribution in [-0.2, 0) is 0 Å². The van der Waals surface area contributed by atoms with Gasteiger partial charge in [-0.3, -0.25) is 4.99 Å². The normalized spacial score (nSPS) is 16.9. The maximum Gasteiger partial charge on any atom is 0.188 e. The predicted octanol–water partition coefficient (Wildman–Crippen LogP) is 2.11. The summed E-state index contributed by atoms with van der Waals surface area (Å²) in [5.74, 6) is 1.31. The van der Waals surface area contributed by atoms with Gasteiger partial charge in [-0.1, -0.05) is 20.3 Å². The molecule has 1 rings (SSSR count). The van der Waals surface area contributed by atoms with Crippen molar-refractivity contribution in [3.63, 3.8) is 0 Å². The molecule has 5 heteroatoms. The zero-order valence-corrected chi connectivity index (χ0v) is 13.9. The fourth-order valence-corrected chi connectivity index (χ4v) is 2.00. The molecule has 108 valence electrons. The first-order valence-corrected chi connectivity index (χ1v) is 6.80. The molecule has 0 bridgehead atoms. The van der Waals surface area contributed by atoms with E-state index >= 15 is 0 Å². The van der Waals surface area contributed by atoms with Crippen molar-refractivity contribution in [3.05, 3.63) is 0 Å². The fourth-order valence-electron chi connectivity index (χ4n) is 2.00. The fraction of sp³-hybridized carbons (Fsp3) is 0.923. The molecule has 4 N–H and O–H groups in total. The van der Waals surface area contributed by atoms with Crippen molar-refractivity contribution >= 4 is 29.9 Å². The first-order valence-electron chi connectivity index (χ1n) is 6.80. The topological polar surface area (TPSA) is 70.6 Å². The van der Waals surface area contributed by atoms with Gasteiger partial charge >= 0.3 is 0 Å². The Hall–Kier alpha value is -0.0400. The van der Waals surface area contributed by atoms with Crippen LogP contribution in [0.1, 0.15) is 46.0 Å². The van der Waals surface area contributed by atoms with Gasteiger partial charge in [0.1, 0.15) is 0 Å². The molecule has 0 amide bonds. The predicted molar refractivity (Wildman–Crippen MR) is 87.3 cm³/mol. The van der Waals surface area contributed by atoms with Crippen LogP contribution in [0.25, 0.3) is 0 Å². The number of nitrogens with zero attached hydrogens (tertiary/aromatic N) is 1. The molecule has 0 aromatic heterocycles. The van der Waals surface area contributed by atoms with Crippen LogP contribution in [-0.4, -0.2) is 30.8 Å². The first kappa shape index (κ1) is 18.0. The summed E-state index contributed by atoms with van der Waals surface area (Å²) >= 11 is 0. The van der Waals surface area contributed by atoms with Gasteiger partial charge in [0.25, 0.3) is 0 Å². The largest absolute Gasteiger partial charge is 0.396 e. The molecule has 0 aromatic rings. The SMILES string of the molecule is CCC(CC)(CO)CN=C(N)NCC1CCC1.I. The van der Waals surface area contributed by atoms with Gasteiger partial charge in [-0.2, -0.15) is 0 Å². The molecule has 4 nitrogen and oxygen atoms in total. The van der Waals surface area contributed by atoms with Crippen LogP contribution < -0.4 is 11.1 Å². The highest BCUT2D eigenvalue weighted by molar-refractivity contribution is 14.0. The molecule has 0 spiro atoms. The number of guanidine groups is 1. The molecule has 0 heterocycles. The average Bonchev–Trinajstić information content (AvgIpc) is 2.30. The van der Waals surface area contributed by atoms with Crippen LogP contribution in [0.4, 0.5) is 0 Å². The Labute approximate surface area is 128 Å².